The first-order valence-electron chi connectivity index (χ1n) is 9.26. The second kappa shape index (κ2) is 7.54. The number of hydrogen-bond acceptors (Lipinski definition) is 8. The molecule has 31 heavy (non-hydrogen) atoms. The molecule has 1 aliphatic heterocycles. The summed E-state index contributed by atoms with van der Waals surface area (Å²) in [5, 5.41) is 9.84. The number of carbonyl (C=O) groups is 2. The van der Waals surface area contributed by atoms with E-state index in [4.69, 9.17) is 24.7 Å². The SMILES string of the molecule is COc1cc(OC)c(C2C(C#N)=C(N)OC3=C2C(=O)c2ccccc2C3=O)cc1OC. The Bertz CT molecular complexity index is 1240. The predicted molar refractivity (Wildman–Crippen MR) is 109 cm³/mol. The molecule has 0 saturated carbocycles. The minimum absolute atomic E-state index is 0.00944. The van der Waals surface area contributed by atoms with E-state index in [-0.39, 0.29) is 33.9 Å². The maximum atomic E-state index is 13.5. The molecule has 156 valence electrons. The van der Waals surface area contributed by atoms with Crippen LogP contribution in [0.25, 0.3) is 0 Å². The maximum absolute atomic E-state index is 13.5. The highest BCUT2D eigenvalue weighted by Crippen LogP contribution is 2.48. The summed E-state index contributed by atoms with van der Waals surface area (Å²) in [4.78, 5) is 26.6. The van der Waals surface area contributed by atoms with Crippen LogP contribution in [0.1, 0.15) is 32.2 Å². The molecular weight excluding hydrogens is 400 g/mol. The number of Topliss-reactive ketones (excluding diaryl/α,β-unsaturated/α-hetero) is 2. The monoisotopic (exact) mass is 418 g/mol. The second-order valence-corrected chi connectivity index (χ2v) is 6.82. The van der Waals surface area contributed by atoms with Crippen molar-refractivity contribution in [3.8, 4) is 23.3 Å². The Labute approximate surface area is 178 Å². The smallest absolute Gasteiger partial charge is 0.229 e. The van der Waals surface area contributed by atoms with Gasteiger partial charge in [0.05, 0.1) is 32.8 Å². The van der Waals surface area contributed by atoms with Crippen molar-refractivity contribution < 1.29 is 28.5 Å². The van der Waals surface area contributed by atoms with Crippen LogP contribution in [0, 0.1) is 11.3 Å². The largest absolute Gasteiger partial charge is 0.496 e. The van der Waals surface area contributed by atoms with E-state index in [1.54, 1.807) is 36.4 Å². The molecule has 2 aromatic rings. The molecule has 1 heterocycles. The first-order chi connectivity index (χ1) is 15.0. The Morgan fingerprint density at radius 1 is 0.935 bits per heavy atom. The minimum atomic E-state index is -0.992. The Balaban J connectivity index is 2.02. The number of hydrogen-bond donors (Lipinski definition) is 1. The van der Waals surface area contributed by atoms with E-state index in [9.17, 15) is 14.9 Å². The Morgan fingerprint density at radius 2 is 1.52 bits per heavy atom. The molecule has 2 N–H and O–H groups in total. The van der Waals surface area contributed by atoms with Gasteiger partial charge in [-0.1, -0.05) is 24.3 Å². The molecule has 0 bridgehead atoms. The van der Waals surface area contributed by atoms with Gasteiger partial charge in [0.2, 0.25) is 11.7 Å². The third-order valence-electron chi connectivity index (χ3n) is 5.33. The predicted octanol–water partition coefficient (Wildman–Crippen LogP) is 2.85. The van der Waals surface area contributed by atoms with Gasteiger partial charge in [-0.25, -0.2) is 0 Å². The van der Waals surface area contributed by atoms with E-state index in [1.807, 2.05) is 6.07 Å². The number of methoxy groups -OCH3 is 3. The molecular formula is C23H18N2O6. The highest BCUT2D eigenvalue weighted by atomic mass is 16.5. The van der Waals surface area contributed by atoms with Crippen LogP contribution in [0.5, 0.6) is 17.2 Å². The number of nitrogens with two attached hydrogens (primary N) is 1. The van der Waals surface area contributed by atoms with Gasteiger partial charge < -0.3 is 24.7 Å². The fourth-order valence-electron chi connectivity index (χ4n) is 3.90. The van der Waals surface area contributed by atoms with Gasteiger partial charge in [-0.15, -0.1) is 0 Å². The fraction of sp³-hybridized carbons (Fsp3) is 0.174. The van der Waals surface area contributed by atoms with Gasteiger partial charge in [0.25, 0.3) is 0 Å². The molecule has 8 heteroatoms. The molecule has 8 nitrogen and oxygen atoms in total. The van der Waals surface area contributed by atoms with E-state index in [0.717, 1.165) is 0 Å². The van der Waals surface area contributed by atoms with Crippen LogP contribution in [-0.4, -0.2) is 32.9 Å². The van der Waals surface area contributed by atoms with Crippen LogP contribution in [0.4, 0.5) is 0 Å². The summed E-state index contributed by atoms with van der Waals surface area (Å²) in [6, 6.07) is 11.6. The van der Waals surface area contributed by atoms with Crippen LogP contribution < -0.4 is 19.9 Å². The number of allylic oxidation sites excluding steroid dienone is 3. The summed E-state index contributed by atoms with van der Waals surface area (Å²) in [5.41, 5.74) is 6.90. The van der Waals surface area contributed by atoms with Crippen molar-refractivity contribution in [3.63, 3.8) is 0 Å². The van der Waals surface area contributed by atoms with E-state index >= 15 is 0 Å². The maximum Gasteiger partial charge on any atom is 0.229 e. The number of nitriles is 1. The number of ether oxygens (including phenoxy) is 4. The zero-order valence-electron chi connectivity index (χ0n) is 17.0. The summed E-state index contributed by atoms with van der Waals surface area (Å²) in [6.45, 7) is 0. The van der Waals surface area contributed by atoms with Crippen molar-refractivity contribution in [2.45, 2.75) is 5.92 Å². The molecule has 0 spiro atoms. The summed E-state index contributed by atoms with van der Waals surface area (Å²) in [7, 11) is 4.39. The lowest BCUT2D eigenvalue weighted by molar-refractivity contribution is 0.0897. The van der Waals surface area contributed by atoms with Crippen molar-refractivity contribution in [2.24, 2.45) is 5.73 Å². The summed E-state index contributed by atoms with van der Waals surface area (Å²) < 4.78 is 21.7. The molecule has 0 amide bonds. The number of benzene rings is 2. The number of ketones is 2. The van der Waals surface area contributed by atoms with Gasteiger partial charge in [0.1, 0.15) is 17.4 Å². The van der Waals surface area contributed by atoms with Crippen LogP contribution in [0.2, 0.25) is 0 Å². The molecule has 0 saturated heterocycles. The number of nitrogens with zero attached hydrogens (tertiary/aromatic N) is 1. The van der Waals surface area contributed by atoms with Crippen LogP contribution >= 0.6 is 0 Å². The first-order valence-corrected chi connectivity index (χ1v) is 9.26. The van der Waals surface area contributed by atoms with Crippen LogP contribution in [0.3, 0.4) is 0 Å². The lowest BCUT2D eigenvalue weighted by atomic mass is 9.75. The highest BCUT2D eigenvalue weighted by molar-refractivity contribution is 6.27. The lowest BCUT2D eigenvalue weighted by Crippen LogP contribution is -2.32. The van der Waals surface area contributed by atoms with Crippen molar-refractivity contribution >= 4 is 11.6 Å². The van der Waals surface area contributed by atoms with Gasteiger partial charge in [0.15, 0.2) is 23.0 Å². The third kappa shape index (κ3) is 2.90. The zero-order valence-corrected chi connectivity index (χ0v) is 17.0. The van der Waals surface area contributed by atoms with Crippen molar-refractivity contribution in [3.05, 3.63) is 75.9 Å². The van der Waals surface area contributed by atoms with Crippen LogP contribution in [-0.2, 0) is 4.74 Å². The minimum Gasteiger partial charge on any atom is -0.496 e. The quantitative estimate of drug-likeness (QED) is 0.805. The first kappa shape index (κ1) is 20.0. The molecule has 2 aliphatic rings. The average molecular weight is 418 g/mol. The molecule has 1 unspecified atom stereocenters. The van der Waals surface area contributed by atoms with Gasteiger partial charge in [-0.2, -0.15) is 5.26 Å². The summed E-state index contributed by atoms with van der Waals surface area (Å²) in [6.07, 6.45) is 0. The van der Waals surface area contributed by atoms with E-state index in [1.165, 1.54) is 21.3 Å². The number of carbonyl (C=O) groups excluding carboxylic acids is 2. The lowest BCUT2D eigenvalue weighted by Gasteiger charge is -2.31. The Kier molecular flexibility index (Phi) is 4.87. The Hall–Kier alpha value is -4.25. The normalized spacial score (nSPS) is 17.4. The topological polar surface area (TPSA) is 121 Å². The van der Waals surface area contributed by atoms with E-state index < -0.39 is 17.5 Å². The van der Waals surface area contributed by atoms with Crippen molar-refractivity contribution in [1.82, 2.24) is 0 Å². The summed E-state index contributed by atoms with van der Waals surface area (Å²) >= 11 is 0. The fourth-order valence-corrected chi connectivity index (χ4v) is 3.90. The average Bonchev–Trinajstić information content (AvgIpc) is 2.80. The molecule has 1 atom stereocenters. The van der Waals surface area contributed by atoms with Crippen LogP contribution in [0.15, 0.2) is 59.2 Å². The Morgan fingerprint density at radius 3 is 2.10 bits per heavy atom. The molecule has 0 fully saturated rings. The van der Waals surface area contributed by atoms with Gasteiger partial charge >= 0.3 is 0 Å². The van der Waals surface area contributed by atoms with Gasteiger partial charge in [-0.05, 0) is 6.07 Å². The molecule has 0 radical (unpaired) electrons. The molecule has 1 aliphatic carbocycles. The molecule has 2 aromatic carbocycles. The standard InChI is InChI=1S/C23H18N2O6/c1-28-15-9-17(30-3)16(29-2)8-13(15)18-14(10-24)23(25)31-22-19(18)20(26)11-6-4-5-7-12(11)21(22)27/h4-9,18H,25H2,1-3H3. The summed E-state index contributed by atoms with van der Waals surface area (Å²) in [5.74, 6) is -1.24. The van der Waals surface area contributed by atoms with Gasteiger partial charge in [-0.3, -0.25) is 9.59 Å². The third-order valence-corrected chi connectivity index (χ3v) is 5.33. The van der Waals surface area contributed by atoms with Crippen molar-refractivity contribution in [2.75, 3.05) is 21.3 Å². The molecule has 0 aromatic heterocycles. The molecule has 4 rings (SSSR count). The van der Waals surface area contributed by atoms with Gasteiger partial charge in [0, 0.05) is 22.8 Å². The highest BCUT2D eigenvalue weighted by Gasteiger charge is 2.44. The van der Waals surface area contributed by atoms with E-state index in [2.05, 4.69) is 0 Å². The zero-order chi connectivity index (χ0) is 22.3. The number of fused-ring (bicyclic) bond motifs is 1. The second-order valence-electron chi connectivity index (χ2n) is 6.82. The number of rotatable bonds is 4. The van der Waals surface area contributed by atoms with E-state index in [0.29, 0.717) is 22.8 Å². The van der Waals surface area contributed by atoms with Crippen molar-refractivity contribution in [1.29, 1.82) is 5.26 Å².